The van der Waals surface area contributed by atoms with Gasteiger partial charge in [-0.2, -0.15) is 0 Å². The number of carbonyl (C=O) groups excluding carboxylic acids is 1. The smallest absolute Gasteiger partial charge is 0.251 e. The van der Waals surface area contributed by atoms with Crippen molar-refractivity contribution in [1.29, 1.82) is 0 Å². The van der Waals surface area contributed by atoms with E-state index in [0.29, 0.717) is 0 Å². The minimum Gasteiger partial charge on any atom is -0.385 e. The number of aliphatic hydroxyl groups is 2. The molecule has 1 aliphatic heterocycles. The van der Waals surface area contributed by atoms with Gasteiger partial charge in [-0.3, -0.25) is 4.79 Å². The van der Waals surface area contributed by atoms with Crippen molar-refractivity contribution in [2.45, 2.75) is 56.7 Å². The Bertz CT molecular complexity index is 603. The average molecular weight is 353 g/mol. The first-order valence-electron chi connectivity index (χ1n) is 9.06. The van der Waals surface area contributed by atoms with Crippen molar-refractivity contribution in [2.24, 2.45) is 5.92 Å². The summed E-state index contributed by atoms with van der Waals surface area (Å²) in [7, 11) is 0. The van der Waals surface area contributed by atoms with Gasteiger partial charge in [0.2, 0.25) is 0 Å². The third-order valence-electron chi connectivity index (χ3n) is 5.68. The van der Waals surface area contributed by atoms with Crippen LogP contribution in [0.15, 0.2) is 18.2 Å². The fourth-order valence-electron chi connectivity index (χ4n) is 4.13. The van der Waals surface area contributed by atoms with Gasteiger partial charge in [0.05, 0.1) is 11.2 Å². The van der Waals surface area contributed by atoms with Gasteiger partial charge >= 0.3 is 0 Å². The van der Waals surface area contributed by atoms with E-state index < -0.39 is 23.3 Å². The number of likely N-dealkylation sites (tertiary alicyclic amines) is 1. The van der Waals surface area contributed by atoms with E-state index in [1.54, 1.807) is 0 Å². The zero-order valence-corrected chi connectivity index (χ0v) is 14.3. The highest BCUT2D eigenvalue weighted by molar-refractivity contribution is 5.81. The van der Waals surface area contributed by atoms with Gasteiger partial charge in [-0.1, -0.05) is 25.3 Å². The minimum atomic E-state index is -1.62. The fourth-order valence-corrected chi connectivity index (χ4v) is 4.13. The minimum absolute atomic E-state index is 0.00827. The van der Waals surface area contributed by atoms with Crippen molar-refractivity contribution in [3.05, 3.63) is 35.4 Å². The molecule has 1 amide bonds. The van der Waals surface area contributed by atoms with Crippen molar-refractivity contribution >= 4 is 5.91 Å². The second kappa shape index (κ2) is 7.38. The van der Waals surface area contributed by atoms with Crippen molar-refractivity contribution in [3.63, 3.8) is 0 Å². The van der Waals surface area contributed by atoms with Crippen molar-refractivity contribution in [1.82, 2.24) is 4.90 Å². The number of piperidine rings is 1. The summed E-state index contributed by atoms with van der Waals surface area (Å²) in [5.74, 6) is -1.89. The van der Waals surface area contributed by atoms with Crippen LogP contribution in [0.3, 0.4) is 0 Å². The summed E-state index contributed by atoms with van der Waals surface area (Å²) in [5, 5.41) is 21.1. The molecule has 0 aromatic heterocycles. The molecule has 1 heterocycles. The van der Waals surface area contributed by atoms with E-state index in [9.17, 15) is 23.8 Å². The van der Waals surface area contributed by atoms with Crippen LogP contribution < -0.4 is 0 Å². The van der Waals surface area contributed by atoms with Crippen molar-refractivity contribution in [2.75, 3.05) is 13.1 Å². The molecular formula is C19H25F2NO3. The first kappa shape index (κ1) is 18.3. The average Bonchev–Trinajstić information content (AvgIpc) is 2.61. The van der Waals surface area contributed by atoms with Gasteiger partial charge in [0.15, 0.2) is 0 Å². The van der Waals surface area contributed by atoms with E-state index in [-0.39, 0.29) is 43.3 Å². The number of rotatable bonds is 3. The van der Waals surface area contributed by atoms with Gasteiger partial charge in [0.25, 0.3) is 5.91 Å². The van der Waals surface area contributed by atoms with Gasteiger partial charge in [-0.15, -0.1) is 0 Å². The molecule has 1 aliphatic carbocycles. The second-order valence-electron chi connectivity index (χ2n) is 7.30. The predicted molar refractivity (Wildman–Crippen MR) is 88.7 cm³/mol. The molecule has 1 aromatic carbocycles. The summed E-state index contributed by atoms with van der Waals surface area (Å²) in [4.78, 5) is 14.0. The molecule has 0 bridgehead atoms. The summed E-state index contributed by atoms with van der Waals surface area (Å²) in [6, 6.07) is 3.51. The monoisotopic (exact) mass is 353 g/mol. The molecule has 4 nitrogen and oxygen atoms in total. The van der Waals surface area contributed by atoms with E-state index in [1.807, 2.05) is 0 Å². The molecule has 138 valence electrons. The van der Waals surface area contributed by atoms with Crippen LogP contribution in [0.25, 0.3) is 0 Å². The zero-order chi connectivity index (χ0) is 18.0. The Balaban J connectivity index is 1.65. The first-order valence-corrected chi connectivity index (χ1v) is 9.06. The molecule has 2 fully saturated rings. The van der Waals surface area contributed by atoms with Gasteiger partial charge < -0.3 is 15.1 Å². The molecule has 2 aliphatic rings. The quantitative estimate of drug-likeness (QED) is 0.878. The molecule has 1 unspecified atom stereocenters. The van der Waals surface area contributed by atoms with Gasteiger partial charge in [0.1, 0.15) is 17.7 Å². The summed E-state index contributed by atoms with van der Waals surface area (Å²) >= 11 is 0. The Morgan fingerprint density at radius 1 is 1.12 bits per heavy atom. The van der Waals surface area contributed by atoms with Crippen LogP contribution in [-0.2, 0) is 10.4 Å². The number of nitrogens with zero attached hydrogens (tertiary/aromatic N) is 1. The third kappa shape index (κ3) is 3.70. The van der Waals surface area contributed by atoms with Crippen LogP contribution >= 0.6 is 0 Å². The van der Waals surface area contributed by atoms with Gasteiger partial charge in [-0.05, 0) is 43.7 Å². The SMILES string of the molecule is O=C(C(O)C1CCCCC1)N1CCC(O)(c2c(F)cccc2F)CC1. The zero-order valence-electron chi connectivity index (χ0n) is 14.3. The Hall–Kier alpha value is -1.53. The summed E-state index contributed by atoms with van der Waals surface area (Å²) in [6.45, 7) is 0.347. The van der Waals surface area contributed by atoms with E-state index in [2.05, 4.69) is 0 Å². The Morgan fingerprint density at radius 3 is 2.24 bits per heavy atom. The van der Waals surface area contributed by atoms with E-state index in [0.717, 1.165) is 44.2 Å². The lowest BCUT2D eigenvalue weighted by atomic mass is 9.82. The Labute approximate surface area is 146 Å². The highest BCUT2D eigenvalue weighted by Gasteiger charge is 2.41. The van der Waals surface area contributed by atoms with Crippen LogP contribution in [0.2, 0.25) is 0 Å². The normalized spacial score (nSPS) is 22.6. The Kier molecular flexibility index (Phi) is 5.39. The van der Waals surface area contributed by atoms with Crippen LogP contribution in [0, 0.1) is 17.6 Å². The largest absolute Gasteiger partial charge is 0.385 e. The number of hydrogen-bond donors (Lipinski definition) is 2. The molecule has 3 rings (SSSR count). The lowest BCUT2D eigenvalue weighted by molar-refractivity contribution is -0.148. The molecule has 0 radical (unpaired) electrons. The number of aliphatic hydroxyl groups excluding tert-OH is 1. The van der Waals surface area contributed by atoms with Crippen LogP contribution in [-0.4, -0.2) is 40.2 Å². The summed E-state index contributed by atoms with van der Waals surface area (Å²) in [5.41, 5.74) is -1.95. The van der Waals surface area contributed by atoms with Gasteiger partial charge in [0, 0.05) is 13.1 Å². The highest BCUT2D eigenvalue weighted by atomic mass is 19.1. The number of amides is 1. The lowest BCUT2D eigenvalue weighted by Crippen LogP contribution is -2.50. The molecule has 25 heavy (non-hydrogen) atoms. The number of benzene rings is 1. The van der Waals surface area contributed by atoms with E-state index in [1.165, 1.54) is 11.0 Å². The molecule has 2 N–H and O–H groups in total. The Morgan fingerprint density at radius 2 is 1.68 bits per heavy atom. The van der Waals surface area contributed by atoms with Crippen LogP contribution in [0.1, 0.15) is 50.5 Å². The molecule has 1 aromatic rings. The molecule has 1 saturated heterocycles. The second-order valence-corrected chi connectivity index (χ2v) is 7.30. The fraction of sp³-hybridized carbons (Fsp3) is 0.632. The van der Waals surface area contributed by atoms with Crippen molar-refractivity contribution < 1.29 is 23.8 Å². The maximum Gasteiger partial charge on any atom is 0.251 e. The molecule has 1 saturated carbocycles. The van der Waals surface area contributed by atoms with E-state index in [4.69, 9.17) is 0 Å². The highest BCUT2D eigenvalue weighted by Crippen LogP contribution is 2.36. The maximum atomic E-state index is 14.0. The maximum absolute atomic E-state index is 14.0. The molecule has 6 heteroatoms. The number of halogens is 2. The first-order chi connectivity index (χ1) is 11.9. The molecular weight excluding hydrogens is 328 g/mol. The topological polar surface area (TPSA) is 60.8 Å². The van der Waals surface area contributed by atoms with E-state index >= 15 is 0 Å². The van der Waals surface area contributed by atoms with Crippen LogP contribution in [0.5, 0.6) is 0 Å². The van der Waals surface area contributed by atoms with Crippen LogP contribution in [0.4, 0.5) is 8.78 Å². The third-order valence-corrected chi connectivity index (χ3v) is 5.68. The molecule has 1 atom stereocenters. The lowest BCUT2D eigenvalue weighted by Gasteiger charge is -2.40. The van der Waals surface area contributed by atoms with Gasteiger partial charge in [-0.25, -0.2) is 8.78 Å². The standard InChI is InChI=1S/C19H25F2NO3/c20-14-7-4-8-15(21)16(14)19(25)9-11-22(12-10-19)18(24)17(23)13-5-2-1-3-6-13/h4,7-8,13,17,23,25H,1-3,5-6,9-12H2. The summed E-state index contributed by atoms with van der Waals surface area (Å²) in [6.07, 6.45) is 3.99. The summed E-state index contributed by atoms with van der Waals surface area (Å²) < 4.78 is 28.0. The number of carbonyl (C=O) groups is 1. The number of hydrogen-bond acceptors (Lipinski definition) is 3. The molecule has 0 spiro atoms. The van der Waals surface area contributed by atoms with Crippen molar-refractivity contribution in [3.8, 4) is 0 Å². The predicted octanol–water partition coefficient (Wildman–Crippen LogP) is 2.72.